The zero-order valence-electron chi connectivity index (χ0n) is 16.6. The molecule has 0 saturated carbocycles. The second-order valence-electron chi connectivity index (χ2n) is 7.11. The summed E-state index contributed by atoms with van der Waals surface area (Å²) in [6, 6.07) is 14.6. The van der Waals surface area contributed by atoms with Gasteiger partial charge in [-0.2, -0.15) is 0 Å². The molecule has 1 N–H and O–H groups in total. The number of nitrogens with one attached hydrogen (secondary N) is 1. The number of aryl methyl sites for hydroxylation is 1. The summed E-state index contributed by atoms with van der Waals surface area (Å²) in [7, 11) is 0. The Morgan fingerprint density at radius 3 is 2.54 bits per heavy atom. The topological polar surface area (TPSA) is 62.3 Å². The third-order valence-electron chi connectivity index (χ3n) is 4.60. The number of likely N-dealkylation sites (N-methyl/N-ethyl adjacent to an activating group) is 1. The van der Waals surface area contributed by atoms with Crippen LogP contribution in [-0.2, 0) is 4.79 Å². The molecule has 0 aliphatic heterocycles. The van der Waals surface area contributed by atoms with Crippen LogP contribution in [0, 0.1) is 12.8 Å². The molecule has 2 aromatic carbocycles. The van der Waals surface area contributed by atoms with Crippen LogP contribution in [0.1, 0.15) is 36.7 Å². The monoisotopic (exact) mass is 395 g/mol. The molecule has 2 amide bonds. The predicted molar refractivity (Wildman–Crippen MR) is 115 cm³/mol. The van der Waals surface area contributed by atoms with E-state index in [1.54, 1.807) is 11.0 Å². The minimum absolute atomic E-state index is 0.0512. The van der Waals surface area contributed by atoms with Crippen molar-refractivity contribution in [1.82, 2.24) is 10.3 Å². The van der Waals surface area contributed by atoms with Gasteiger partial charge in [-0.05, 0) is 44.0 Å². The SMILES string of the molecule is CCN(C(=O)C(NC(=O)c1cccc(C)c1)C(C)C)c1nc2ccccc2s1. The molecule has 28 heavy (non-hydrogen) atoms. The van der Waals surface area contributed by atoms with Crippen LogP contribution < -0.4 is 10.2 Å². The van der Waals surface area contributed by atoms with E-state index in [0.717, 1.165) is 15.8 Å². The summed E-state index contributed by atoms with van der Waals surface area (Å²) in [6.45, 7) is 8.22. The summed E-state index contributed by atoms with van der Waals surface area (Å²) in [6.07, 6.45) is 0. The number of hydrogen-bond donors (Lipinski definition) is 1. The molecule has 0 fully saturated rings. The Labute approximate surface area is 169 Å². The molecule has 1 heterocycles. The number of rotatable bonds is 6. The van der Waals surface area contributed by atoms with Gasteiger partial charge in [-0.15, -0.1) is 0 Å². The molecule has 146 valence electrons. The molecule has 3 aromatic rings. The lowest BCUT2D eigenvalue weighted by Gasteiger charge is -2.27. The summed E-state index contributed by atoms with van der Waals surface area (Å²) in [5.41, 5.74) is 2.44. The van der Waals surface area contributed by atoms with Crippen LogP contribution in [0.2, 0.25) is 0 Å². The molecule has 0 bridgehead atoms. The van der Waals surface area contributed by atoms with Crippen LogP contribution >= 0.6 is 11.3 Å². The first-order chi connectivity index (χ1) is 13.4. The van der Waals surface area contributed by atoms with Gasteiger partial charge in [-0.1, -0.05) is 55.0 Å². The van der Waals surface area contributed by atoms with Gasteiger partial charge in [0.2, 0.25) is 0 Å². The third kappa shape index (κ3) is 4.22. The number of anilines is 1. The highest BCUT2D eigenvalue weighted by Gasteiger charge is 2.30. The molecule has 0 spiro atoms. The van der Waals surface area contributed by atoms with Crippen LogP contribution in [0.25, 0.3) is 10.2 Å². The van der Waals surface area contributed by atoms with Crippen molar-refractivity contribution >= 4 is 38.5 Å². The van der Waals surface area contributed by atoms with Crippen molar-refractivity contribution < 1.29 is 9.59 Å². The molecule has 1 atom stereocenters. The number of carbonyl (C=O) groups excluding carboxylic acids is 2. The maximum absolute atomic E-state index is 13.3. The van der Waals surface area contributed by atoms with Gasteiger partial charge in [0.05, 0.1) is 10.2 Å². The molecule has 6 heteroatoms. The number of carbonyl (C=O) groups is 2. The summed E-state index contributed by atoms with van der Waals surface area (Å²) in [5.74, 6) is -0.432. The lowest BCUT2D eigenvalue weighted by molar-refractivity contribution is -0.121. The molecule has 0 aliphatic carbocycles. The summed E-state index contributed by atoms with van der Waals surface area (Å²) >= 11 is 1.49. The van der Waals surface area contributed by atoms with E-state index in [9.17, 15) is 9.59 Å². The molecule has 1 unspecified atom stereocenters. The smallest absolute Gasteiger partial charge is 0.251 e. The molecule has 0 radical (unpaired) electrons. The Hall–Kier alpha value is -2.73. The van der Waals surface area contributed by atoms with Crippen LogP contribution in [-0.4, -0.2) is 29.4 Å². The van der Waals surface area contributed by atoms with E-state index in [1.165, 1.54) is 11.3 Å². The van der Waals surface area contributed by atoms with Crippen molar-refractivity contribution in [3.8, 4) is 0 Å². The minimum atomic E-state index is -0.625. The Balaban J connectivity index is 1.85. The maximum Gasteiger partial charge on any atom is 0.251 e. The first kappa shape index (κ1) is 20.0. The van der Waals surface area contributed by atoms with Crippen molar-refractivity contribution in [2.75, 3.05) is 11.4 Å². The normalized spacial score (nSPS) is 12.2. The van der Waals surface area contributed by atoms with Gasteiger partial charge in [0.25, 0.3) is 11.8 Å². The number of nitrogens with zero attached hydrogens (tertiary/aromatic N) is 2. The van der Waals surface area contributed by atoms with E-state index >= 15 is 0 Å². The van der Waals surface area contributed by atoms with Gasteiger partial charge < -0.3 is 5.32 Å². The highest BCUT2D eigenvalue weighted by Crippen LogP contribution is 2.29. The van der Waals surface area contributed by atoms with Crippen molar-refractivity contribution in [1.29, 1.82) is 0 Å². The van der Waals surface area contributed by atoms with Crippen molar-refractivity contribution in [3.63, 3.8) is 0 Å². The fourth-order valence-corrected chi connectivity index (χ4v) is 4.09. The summed E-state index contributed by atoms with van der Waals surface area (Å²) < 4.78 is 1.04. The Bertz CT molecular complexity index is 963. The van der Waals surface area contributed by atoms with E-state index in [2.05, 4.69) is 10.3 Å². The van der Waals surface area contributed by atoms with Gasteiger partial charge in [0.1, 0.15) is 6.04 Å². The number of hydrogen-bond acceptors (Lipinski definition) is 4. The van der Waals surface area contributed by atoms with Crippen molar-refractivity contribution in [3.05, 3.63) is 59.7 Å². The number of benzene rings is 2. The number of fused-ring (bicyclic) bond motifs is 1. The first-order valence-corrected chi connectivity index (χ1v) is 10.3. The number of amides is 2. The molecule has 0 aliphatic rings. The second-order valence-corrected chi connectivity index (χ2v) is 8.12. The summed E-state index contributed by atoms with van der Waals surface area (Å²) in [4.78, 5) is 32.3. The third-order valence-corrected chi connectivity index (χ3v) is 5.65. The predicted octanol–water partition coefficient (Wildman–Crippen LogP) is 4.41. The first-order valence-electron chi connectivity index (χ1n) is 9.45. The number of para-hydroxylation sites is 1. The Morgan fingerprint density at radius 1 is 1.14 bits per heavy atom. The van der Waals surface area contributed by atoms with Crippen molar-refractivity contribution in [2.24, 2.45) is 5.92 Å². The van der Waals surface area contributed by atoms with Crippen LogP contribution in [0.15, 0.2) is 48.5 Å². The van der Waals surface area contributed by atoms with E-state index in [4.69, 9.17) is 0 Å². The van der Waals surface area contributed by atoms with Crippen LogP contribution in [0.5, 0.6) is 0 Å². The van der Waals surface area contributed by atoms with Gasteiger partial charge in [-0.25, -0.2) is 4.98 Å². The molecule has 3 rings (SSSR count). The molecule has 5 nitrogen and oxygen atoms in total. The Kier molecular flexibility index (Phi) is 6.09. The van der Waals surface area contributed by atoms with Crippen molar-refractivity contribution in [2.45, 2.75) is 33.7 Å². The highest BCUT2D eigenvalue weighted by molar-refractivity contribution is 7.22. The minimum Gasteiger partial charge on any atom is -0.340 e. The number of aromatic nitrogens is 1. The van der Waals surface area contributed by atoms with E-state index in [-0.39, 0.29) is 17.7 Å². The van der Waals surface area contributed by atoms with Gasteiger partial charge in [0, 0.05) is 12.1 Å². The zero-order valence-corrected chi connectivity index (χ0v) is 17.4. The van der Waals surface area contributed by atoms with Gasteiger partial charge >= 0.3 is 0 Å². The molecular weight excluding hydrogens is 370 g/mol. The standard InChI is InChI=1S/C22H25N3O2S/c1-5-25(22-23-17-11-6-7-12-18(17)28-22)21(27)19(14(2)3)24-20(26)16-10-8-9-15(4)13-16/h6-14,19H,5H2,1-4H3,(H,24,26). The van der Waals surface area contributed by atoms with Crippen LogP contribution in [0.4, 0.5) is 5.13 Å². The average Bonchev–Trinajstić information content (AvgIpc) is 3.09. The average molecular weight is 396 g/mol. The Morgan fingerprint density at radius 2 is 1.89 bits per heavy atom. The van der Waals surface area contributed by atoms with Crippen LogP contribution in [0.3, 0.4) is 0 Å². The maximum atomic E-state index is 13.3. The lowest BCUT2D eigenvalue weighted by Crippen LogP contribution is -2.51. The molecular formula is C22H25N3O2S. The largest absolute Gasteiger partial charge is 0.340 e. The lowest BCUT2D eigenvalue weighted by atomic mass is 10.0. The van der Waals surface area contributed by atoms with Gasteiger partial charge in [-0.3, -0.25) is 14.5 Å². The molecule has 0 saturated heterocycles. The van der Waals surface area contributed by atoms with E-state index < -0.39 is 6.04 Å². The quantitative estimate of drug-likeness (QED) is 0.672. The van der Waals surface area contributed by atoms with E-state index in [1.807, 2.05) is 70.2 Å². The fraction of sp³-hybridized carbons (Fsp3) is 0.318. The zero-order chi connectivity index (χ0) is 20.3. The molecule has 1 aromatic heterocycles. The fourth-order valence-electron chi connectivity index (χ4n) is 3.05. The highest BCUT2D eigenvalue weighted by atomic mass is 32.1. The number of thiazole rings is 1. The second kappa shape index (κ2) is 8.52. The van der Waals surface area contributed by atoms with E-state index in [0.29, 0.717) is 17.2 Å². The summed E-state index contributed by atoms with van der Waals surface area (Å²) in [5, 5.41) is 3.58. The van der Waals surface area contributed by atoms with Gasteiger partial charge in [0.15, 0.2) is 5.13 Å².